The van der Waals surface area contributed by atoms with Gasteiger partial charge >= 0.3 is 0 Å². The van der Waals surface area contributed by atoms with Gasteiger partial charge in [-0.25, -0.2) is 13.1 Å². The van der Waals surface area contributed by atoms with Crippen molar-refractivity contribution in [1.82, 2.24) is 14.9 Å². The van der Waals surface area contributed by atoms with E-state index in [0.717, 1.165) is 5.56 Å². The van der Waals surface area contributed by atoms with Crippen molar-refractivity contribution >= 4 is 15.9 Å². The summed E-state index contributed by atoms with van der Waals surface area (Å²) in [5, 5.41) is 2.94. The standard InChI is InChI=1S/C23H27N3O4S/c1-17-11-12-20(31(28,29)25-15-19-10-7-13-30-19)14-21(17)23(27)24-16-22(26(2)3)18-8-5-4-6-9-18/h4-14,22,25H,15-16H2,1-3H3,(H,24,27). The molecule has 0 fully saturated rings. The first kappa shape index (κ1) is 22.7. The second-order valence-corrected chi connectivity index (χ2v) is 9.25. The summed E-state index contributed by atoms with van der Waals surface area (Å²) in [4.78, 5) is 14.9. The number of benzene rings is 2. The number of likely N-dealkylation sites (N-methyl/N-ethyl adjacent to an activating group) is 1. The summed E-state index contributed by atoms with van der Waals surface area (Å²) >= 11 is 0. The maximum absolute atomic E-state index is 12.9. The lowest BCUT2D eigenvalue weighted by molar-refractivity contribution is 0.0941. The van der Waals surface area contributed by atoms with E-state index in [0.29, 0.717) is 23.4 Å². The van der Waals surface area contributed by atoms with Gasteiger partial charge in [0.05, 0.1) is 23.7 Å². The molecule has 0 radical (unpaired) electrons. The minimum absolute atomic E-state index is 0.00710. The first-order chi connectivity index (χ1) is 14.8. The first-order valence-electron chi connectivity index (χ1n) is 9.90. The van der Waals surface area contributed by atoms with E-state index in [2.05, 4.69) is 10.0 Å². The van der Waals surface area contributed by atoms with Gasteiger partial charge in [-0.1, -0.05) is 36.4 Å². The summed E-state index contributed by atoms with van der Waals surface area (Å²) in [7, 11) is 0.108. The van der Waals surface area contributed by atoms with Crippen molar-refractivity contribution in [1.29, 1.82) is 0 Å². The third-order valence-corrected chi connectivity index (χ3v) is 6.44. The number of aryl methyl sites for hydroxylation is 1. The molecular weight excluding hydrogens is 414 g/mol. The smallest absolute Gasteiger partial charge is 0.251 e. The molecule has 3 aromatic rings. The molecular formula is C23H27N3O4S. The second kappa shape index (κ2) is 9.91. The summed E-state index contributed by atoms with van der Waals surface area (Å²) in [5.74, 6) is 0.188. The second-order valence-electron chi connectivity index (χ2n) is 7.48. The molecule has 1 amide bonds. The van der Waals surface area contributed by atoms with Gasteiger partial charge in [-0.2, -0.15) is 0 Å². The third-order valence-electron chi connectivity index (χ3n) is 5.04. The zero-order chi connectivity index (χ0) is 22.4. The summed E-state index contributed by atoms with van der Waals surface area (Å²) < 4.78 is 33.0. The number of hydrogen-bond donors (Lipinski definition) is 2. The molecule has 0 aliphatic carbocycles. The van der Waals surface area contributed by atoms with Gasteiger partial charge in [0.25, 0.3) is 5.91 Å². The average molecular weight is 442 g/mol. The van der Waals surface area contributed by atoms with E-state index in [1.165, 1.54) is 18.4 Å². The molecule has 0 saturated heterocycles. The normalized spacial score (nSPS) is 12.6. The van der Waals surface area contributed by atoms with E-state index < -0.39 is 10.0 Å². The van der Waals surface area contributed by atoms with Crippen LogP contribution in [-0.4, -0.2) is 39.9 Å². The molecule has 0 spiro atoms. The van der Waals surface area contributed by atoms with Crippen LogP contribution in [0.4, 0.5) is 0 Å². The van der Waals surface area contributed by atoms with E-state index >= 15 is 0 Å². The zero-order valence-electron chi connectivity index (χ0n) is 17.8. The highest BCUT2D eigenvalue weighted by Crippen LogP contribution is 2.19. The number of sulfonamides is 1. The zero-order valence-corrected chi connectivity index (χ0v) is 18.6. The van der Waals surface area contributed by atoms with E-state index in [9.17, 15) is 13.2 Å². The predicted molar refractivity (Wildman–Crippen MR) is 119 cm³/mol. The van der Waals surface area contributed by atoms with Crippen molar-refractivity contribution in [2.24, 2.45) is 0 Å². The lowest BCUT2D eigenvalue weighted by atomic mass is 10.1. The Labute approximate surface area is 183 Å². The van der Waals surface area contributed by atoms with Gasteiger partial charge in [-0.05, 0) is 56.4 Å². The summed E-state index contributed by atoms with van der Waals surface area (Å²) in [6, 6.07) is 17.8. The Morgan fingerprint density at radius 3 is 2.45 bits per heavy atom. The maximum atomic E-state index is 12.9. The maximum Gasteiger partial charge on any atom is 0.251 e. The van der Waals surface area contributed by atoms with E-state index in [-0.39, 0.29) is 23.4 Å². The fraction of sp³-hybridized carbons (Fsp3) is 0.261. The van der Waals surface area contributed by atoms with Crippen LogP contribution in [0.3, 0.4) is 0 Å². The van der Waals surface area contributed by atoms with E-state index in [4.69, 9.17) is 4.42 Å². The molecule has 8 heteroatoms. The van der Waals surface area contributed by atoms with Crippen LogP contribution >= 0.6 is 0 Å². The Morgan fingerprint density at radius 2 is 1.81 bits per heavy atom. The largest absolute Gasteiger partial charge is 0.468 e. The van der Waals surface area contributed by atoms with Crippen LogP contribution in [0.25, 0.3) is 0 Å². The van der Waals surface area contributed by atoms with Crippen LogP contribution in [0.5, 0.6) is 0 Å². The number of furan rings is 1. The van der Waals surface area contributed by atoms with Crippen molar-refractivity contribution in [2.45, 2.75) is 24.4 Å². The minimum atomic E-state index is -3.80. The van der Waals surface area contributed by atoms with Crippen molar-refractivity contribution in [2.75, 3.05) is 20.6 Å². The molecule has 2 aromatic carbocycles. The van der Waals surface area contributed by atoms with E-state index in [1.54, 1.807) is 25.1 Å². The monoisotopic (exact) mass is 441 g/mol. The molecule has 7 nitrogen and oxygen atoms in total. The highest BCUT2D eigenvalue weighted by Gasteiger charge is 2.20. The number of amides is 1. The van der Waals surface area contributed by atoms with Crippen LogP contribution in [0.15, 0.2) is 76.2 Å². The summed E-state index contributed by atoms with van der Waals surface area (Å²) in [6.07, 6.45) is 1.48. The summed E-state index contributed by atoms with van der Waals surface area (Å²) in [5.41, 5.74) is 2.11. The van der Waals surface area contributed by atoms with Gasteiger partial charge in [0.2, 0.25) is 10.0 Å². The molecule has 0 saturated carbocycles. The number of carbonyl (C=O) groups is 1. The molecule has 1 atom stereocenters. The molecule has 0 bridgehead atoms. The van der Waals surface area contributed by atoms with Crippen LogP contribution < -0.4 is 10.0 Å². The molecule has 0 aliphatic rings. The number of nitrogens with zero attached hydrogens (tertiary/aromatic N) is 1. The highest BCUT2D eigenvalue weighted by molar-refractivity contribution is 7.89. The SMILES string of the molecule is Cc1ccc(S(=O)(=O)NCc2ccco2)cc1C(=O)NCC(c1ccccc1)N(C)C. The Balaban J connectivity index is 1.73. The van der Waals surface area contributed by atoms with Crippen molar-refractivity contribution in [3.8, 4) is 0 Å². The average Bonchev–Trinajstić information content (AvgIpc) is 3.27. The van der Waals surface area contributed by atoms with Crippen LogP contribution in [0.2, 0.25) is 0 Å². The van der Waals surface area contributed by atoms with E-state index in [1.807, 2.05) is 49.3 Å². The quantitative estimate of drug-likeness (QED) is 0.532. The highest BCUT2D eigenvalue weighted by atomic mass is 32.2. The van der Waals surface area contributed by atoms with Gasteiger partial charge in [0.15, 0.2) is 0 Å². The predicted octanol–water partition coefficient (Wildman–Crippen LogP) is 3.10. The molecule has 1 heterocycles. The van der Waals surface area contributed by atoms with Crippen molar-refractivity contribution in [3.63, 3.8) is 0 Å². The van der Waals surface area contributed by atoms with Crippen LogP contribution in [-0.2, 0) is 16.6 Å². The van der Waals surface area contributed by atoms with Crippen molar-refractivity contribution < 1.29 is 17.6 Å². The Bertz CT molecular complexity index is 1110. The summed E-state index contributed by atoms with van der Waals surface area (Å²) in [6.45, 7) is 2.21. The fourth-order valence-corrected chi connectivity index (χ4v) is 4.25. The number of rotatable bonds is 9. The third kappa shape index (κ3) is 5.81. The van der Waals surface area contributed by atoms with Crippen molar-refractivity contribution in [3.05, 3.63) is 89.4 Å². The van der Waals surface area contributed by atoms with Crippen LogP contribution in [0, 0.1) is 6.92 Å². The molecule has 164 valence electrons. The number of nitrogens with one attached hydrogen (secondary N) is 2. The molecule has 31 heavy (non-hydrogen) atoms. The molecule has 1 aromatic heterocycles. The minimum Gasteiger partial charge on any atom is -0.468 e. The molecule has 2 N–H and O–H groups in total. The topological polar surface area (TPSA) is 91.6 Å². The fourth-order valence-electron chi connectivity index (χ4n) is 3.23. The van der Waals surface area contributed by atoms with Gasteiger partial charge in [0.1, 0.15) is 5.76 Å². The first-order valence-corrected chi connectivity index (χ1v) is 11.4. The lowest BCUT2D eigenvalue weighted by Crippen LogP contribution is -2.35. The molecule has 1 unspecified atom stereocenters. The Kier molecular flexibility index (Phi) is 7.27. The molecule has 0 aliphatic heterocycles. The van der Waals surface area contributed by atoms with Gasteiger partial charge in [0, 0.05) is 12.1 Å². The lowest BCUT2D eigenvalue weighted by Gasteiger charge is -2.25. The number of carbonyl (C=O) groups excluding carboxylic acids is 1. The Morgan fingerprint density at radius 1 is 1.06 bits per heavy atom. The Hall–Kier alpha value is -2.94. The molecule has 3 rings (SSSR count). The number of hydrogen-bond acceptors (Lipinski definition) is 5. The van der Waals surface area contributed by atoms with Gasteiger partial charge in [-0.3, -0.25) is 4.79 Å². The van der Waals surface area contributed by atoms with Gasteiger partial charge < -0.3 is 14.6 Å². The van der Waals surface area contributed by atoms with Crippen LogP contribution in [0.1, 0.15) is 33.3 Å². The van der Waals surface area contributed by atoms with Gasteiger partial charge in [-0.15, -0.1) is 0 Å².